The Morgan fingerprint density at radius 3 is 2.36 bits per heavy atom. The number of hydrogen-bond acceptors (Lipinski definition) is 6. The fourth-order valence-electron chi connectivity index (χ4n) is 4.00. The van der Waals surface area contributed by atoms with Crippen LogP contribution in [0.25, 0.3) is 0 Å². The molecule has 2 aromatic carbocycles. The summed E-state index contributed by atoms with van der Waals surface area (Å²) in [6.45, 7) is 3.46. The molecule has 1 aliphatic rings. The topological polar surface area (TPSA) is 91.6 Å². The molecule has 1 unspecified atom stereocenters. The first-order chi connectivity index (χ1) is 16.0. The number of nitro benzene ring substituents is 1. The molecule has 1 aliphatic heterocycles. The molecule has 1 amide bonds. The summed E-state index contributed by atoms with van der Waals surface area (Å²) in [5, 5.41) is 13.8. The van der Waals surface area contributed by atoms with Gasteiger partial charge in [-0.15, -0.1) is 0 Å². The molecule has 0 radical (unpaired) electrons. The maximum absolute atomic E-state index is 13.2. The lowest BCUT2D eigenvalue weighted by atomic mass is 10.1. The lowest BCUT2D eigenvalue weighted by molar-refractivity contribution is -0.384. The Kier molecular flexibility index (Phi) is 6.89. The lowest BCUT2D eigenvalue weighted by Crippen LogP contribution is -2.50. The third-order valence-electron chi connectivity index (χ3n) is 5.81. The zero-order valence-electron chi connectivity index (χ0n) is 17.9. The van der Waals surface area contributed by atoms with Crippen molar-refractivity contribution in [3.8, 4) is 0 Å². The van der Waals surface area contributed by atoms with Gasteiger partial charge in [-0.3, -0.25) is 24.8 Å². The Morgan fingerprint density at radius 2 is 1.76 bits per heavy atom. The molecule has 33 heavy (non-hydrogen) atoms. The summed E-state index contributed by atoms with van der Waals surface area (Å²) in [5.74, 6) is -0.540. The fraction of sp³-hybridized carbons (Fsp3) is 0.250. The standard InChI is InChI=1S/C24H24FN5O3/c25-20-5-9-21(10-6-20)28-12-14-29(15-13-28)23(19-2-1-11-26-16-19)17-27-24(31)18-3-7-22(8-4-18)30(32)33/h1-11,16,23H,12-15,17H2,(H,27,31). The molecule has 1 fully saturated rings. The summed E-state index contributed by atoms with van der Waals surface area (Å²) in [7, 11) is 0. The molecule has 1 N–H and O–H groups in total. The van der Waals surface area contributed by atoms with Crippen molar-refractivity contribution in [2.24, 2.45) is 0 Å². The van der Waals surface area contributed by atoms with Gasteiger partial charge in [-0.2, -0.15) is 0 Å². The Labute approximate surface area is 190 Å². The fourth-order valence-corrected chi connectivity index (χ4v) is 4.00. The maximum Gasteiger partial charge on any atom is 0.269 e. The minimum Gasteiger partial charge on any atom is -0.369 e. The van der Waals surface area contributed by atoms with E-state index in [-0.39, 0.29) is 23.5 Å². The smallest absolute Gasteiger partial charge is 0.269 e. The van der Waals surface area contributed by atoms with Crippen molar-refractivity contribution >= 4 is 17.3 Å². The highest BCUT2D eigenvalue weighted by atomic mass is 19.1. The molecular formula is C24H24FN5O3. The van der Waals surface area contributed by atoms with Gasteiger partial charge in [-0.1, -0.05) is 6.07 Å². The van der Waals surface area contributed by atoms with E-state index in [0.29, 0.717) is 12.1 Å². The van der Waals surface area contributed by atoms with E-state index in [1.54, 1.807) is 24.5 Å². The van der Waals surface area contributed by atoms with Crippen LogP contribution in [0.3, 0.4) is 0 Å². The number of aromatic nitrogens is 1. The number of carbonyl (C=O) groups is 1. The Morgan fingerprint density at radius 1 is 1.06 bits per heavy atom. The third-order valence-corrected chi connectivity index (χ3v) is 5.81. The normalized spacial score (nSPS) is 15.1. The summed E-state index contributed by atoms with van der Waals surface area (Å²) in [6.07, 6.45) is 3.51. The number of benzene rings is 2. The van der Waals surface area contributed by atoms with Gasteiger partial charge >= 0.3 is 0 Å². The monoisotopic (exact) mass is 449 g/mol. The number of nitrogens with zero attached hydrogens (tertiary/aromatic N) is 4. The van der Waals surface area contributed by atoms with Gasteiger partial charge in [0.2, 0.25) is 0 Å². The highest BCUT2D eigenvalue weighted by Crippen LogP contribution is 2.24. The van der Waals surface area contributed by atoms with Crippen LogP contribution in [0.2, 0.25) is 0 Å². The third kappa shape index (κ3) is 5.50. The van der Waals surface area contributed by atoms with Gasteiger partial charge in [-0.05, 0) is 48.0 Å². The number of pyridine rings is 1. The molecule has 3 aromatic rings. The zero-order valence-corrected chi connectivity index (χ0v) is 17.9. The van der Waals surface area contributed by atoms with Crippen molar-refractivity contribution in [3.63, 3.8) is 0 Å². The summed E-state index contributed by atoms with van der Waals surface area (Å²) in [5.41, 5.74) is 2.29. The summed E-state index contributed by atoms with van der Waals surface area (Å²) >= 11 is 0. The van der Waals surface area contributed by atoms with Crippen molar-refractivity contribution in [2.75, 3.05) is 37.6 Å². The van der Waals surface area contributed by atoms with Crippen LogP contribution < -0.4 is 10.2 Å². The zero-order chi connectivity index (χ0) is 23.2. The molecule has 0 saturated carbocycles. The van der Waals surface area contributed by atoms with Gasteiger partial charge in [0, 0.05) is 68.5 Å². The first kappa shape index (κ1) is 22.3. The van der Waals surface area contributed by atoms with E-state index in [1.807, 2.05) is 12.1 Å². The van der Waals surface area contributed by atoms with Gasteiger partial charge in [0.15, 0.2) is 0 Å². The van der Waals surface area contributed by atoms with Crippen LogP contribution in [0.5, 0.6) is 0 Å². The van der Waals surface area contributed by atoms with Crippen LogP contribution in [0.4, 0.5) is 15.8 Å². The highest BCUT2D eigenvalue weighted by molar-refractivity contribution is 5.94. The van der Waals surface area contributed by atoms with Crippen LogP contribution in [0, 0.1) is 15.9 Å². The first-order valence-corrected chi connectivity index (χ1v) is 10.7. The predicted octanol–water partition coefficient (Wildman–Crippen LogP) is 3.42. The van der Waals surface area contributed by atoms with Crippen molar-refractivity contribution in [1.82, 2.24) is 15.2 Å². The molecule has 8 nitrogen and oxygen atoms in total. The Balaban J connectivity index is 1.42. The van der Waals surface area contributed by atoms with Crippen molar-refractivity contribution in [3.05, 3.63) is 100 Å². The van der Waals surface area contributed by atoms with E-state index in [4.69, 9.17) is 0 Å². The van der Waals surface area contributed by atoms with E-state index in [1.165, 1.54) is 36.4 Å². The molecule has 170 valence electrons. The summed E-state index contributed by atoms with van der Waals surface area (Å²) < 4.78 is 13.2. The van der Waals surface area contributed by atoms with Crippen LogP contribution in [0.1, 0.15) is 22.0 Å². The Hall–Kier alpha value is -3.85. The van der Waals surface area contributed by atoms with Crippen molar-refractivity contribution in [1.29, 1.82) is 0 Å². The van der Waals surface area contributed by atoms with Gasteiger partial charge in [-0.25, -0.2) is 4.39 Å². The number of nitro groups is 1. The van der Waals surface area contributed by atoms with E-state index in [0.717, 1.165) is 37.4 Å². The highest BCUT2D eigenvalue weighted by Gasteiger charge is 2.26. The quantitative estimate of drug-likeness (QED) is 0.439. The molecule has 9 heteroatoms. The van der Waals surface area contributed by atoms with Crippen LogP contribution in [-0.2, 0) is 0 Å². The van der Waals surface area contributed by atoms with Crippen LogP contribution >= 0.6 is 0 Å². The molecule has 0 bridgehead atoms. The maximum atomic E-state index is 13.2. The molecule has 2 heterocycles. The minimum atomic E-state index is -0.494. The first-order valence-electron chi connectivity index (χ1n) is 10.7. The second-order valence-corrected chi connectivity index (χ2v) is 7.82. The number of non-ortho nitro benzene ring substituents is 1. The number of hydrogen-bond donors (Lipinski definition) is 1. The number of anilines is 1. The van der Waals surface area contributed by atoms with Crippen molar-refractivity contribution in [2.45, 2.75) is 6.04 Å². The number of amides is 1. The van der Waals surface area contributed by atoms with Crippen LogP contribution in [0.15, 0.2) is 73.1 Å². The minimum absolute atomic E-state index is 0.0567. The number of nitrogens with one attached hydrogen (secondary N) is 1. The molecule has 1 saturated heterocycles. The van der Waals surface area contributed by atoms with Crippen molar-refractivity contribution < 1.29 is 14.1 Å². The van der Waals surface area contributed by atoms with Gasteiger partial charge in [0.05, 0.1) is 11.0 Å². The number of carbonyl (C=O) groups excluding carboxylic acids is 1. The second kappa shape index (κ2) is 10.2. The van der Waals surface area contributed by atoms with Crippen LogP contribution in [-0.4, -0.2) is 53.4 Å². The molecule has 0 spiro atoms. The molecule has 0 aliphatic carbocycles. The van der Waals surface area contributed by atoms with E-state index >= 15 is 0 Å². The molecule has 1 atom stereocenters. The lowest BCUT2D eigenvalue weighted by Gasteiger charge is -2.40. The molecular weight excluding hydrogens is 425 g/mol. The molecule has 1 aromatic heterocycles. The average molecular weight is 449 g/mol. The van der Waals surface area contributed by atoms with E-state index in [9.17, 15) is 19.3 Å². The largest absolute Gasteiger partial charge is 0.369 e. The number of halogens is 1. The SMILES string of the molecule is O=C(NCC(c1cccnc1)N1CCN(c2ccc(F)cc2)CC1)c1ccc([N+](=O)[O-])cc1. The van der Waals surface area contributed by atoms with Gasteiger partial charge in [0.25, 0.3) is 11.6 Å². The average Bonchev–Trinajstić information content (AvgIpc) is 2.85. The summed E-state index contributed by atoms with van der Waals surface area (Å²) in [6, 6.07) is 15.8. The summed E-state index contributed by atoms with van der Waals surface area (Å²) in [4.78, 5) is 31.7. The van der Waals surface area contributed by atoms with E-state index in [2.05, 4.69) is 20.1 Å². The van der Waals surface area contributed by atoms with E-state index < -0.39 is 4.92 Å². The molecule has 4 rings (SSSR count). The van der Waals surface area contributed by atoms with Gasteiger partial charge < -0.3 is 10.2 Å². The van der Waals surface area contributed by atoms with Gasteiger partial charge in [0.1, 0.15) is 5.82 Å². The second-order valence-electron chi connectivity index (χ2n) is 7.82. The Bertz CT molecular complexity index is 1090. The predicted molar refractivity (Wildman–Crippen MR) is 123 cm³/mol. The number of piperazine rings is 1. The number of rotatable bonds is 7.